The maximum absolute atomic E-state index is 13.7. The summed E-state index contributed by atoms with van der Waals surface area (Å²) in [4.78, 5) is 0. The summed E-state index contributed by atoms with van der Waals surface area (Å²) in [5.74, 6) is -0.267. The van der Waals surface area contributed by atoms with Gasteiger partial charge >= 0.3 is 0 Å². The third-order valence-electron chi connectivity index (χ3n) is 2.47. The summed E-state index contributed by atoms with van der Waals surface area (Å²) in [5, 5.41) is 0. The maximum atomic E-state index is 13.7. The van der Waals surface area contributed by atoms with Gasteiger partial charge in [-0.15, -0.1) is 0 Å². The average molecular weight is 289 g/mol. The van der Waals surface area contributed by atoms with Gasteiger partial charge < -0.3 is 10.5 Å². The normalized spacial score (nSPS) is 13.3. The van der Waals surface area contributed by atoms with Gasteiger partial charge in [-0.3, -0.25) is 0 Å². The number of nitrogens with two attached hydrogens (primary N) is 1. The molecule has 1 aromatic carbocycles. The summed E-state index contributed by atoms with van der Waals surface area (Å²) in [6, 6.07) is 4.68. The van der Waals surface area contributed by atoms with Gasteiger partial charge in [0.15, 0.2) is 11.6 Å². The molecule has 0 saturated carbocycles. The fourth-order valence-electron chi connectivity index (χ4n) is 1.66. The molecule has 0 aromatic heterocycles. The molecule has 0 aliphatic heterocycles. The summed E-state index contributed by atoms with van der Waals surface area (Å²) < 4.78 is 40.7. The molecule has 108 valence electrons. The Balaban J connectivity index is 2.51. The van der Waals surface area contributed by atoms with E-state index in [1.807, 2.05) is 6.92 Å². The largest absolute Gasteiger partial charge is 0.490 e. The molecule has 0 bridgehead atoms. The van der Waals surface area contributed by atoms with E-state index in [4.69, 9.17) is 10.5 Å². The Bertz CT molecular complexity index is 515. The van der Waals surface area contributed by atoms with Crippen molar-refractivity contribution in [3.8, 4) is 5.75 Å². The molecule has 1 unspecified atom stereocenters. The van der Waals surface area contributed by atoms with Crippen LogP contribution in [0.25, 0.3) is 0 Å². The molecule has 0 fully saturated rings. The van der Waals surface area contributed by atoms with Gasteiger partial charge in [0.2, 0.25) is 0 Å². The van der Waals surface area contributed by atoms with Gasteiger partial charge in [0.05, 0.1) is 12.4 Å². The highest BCUT2D eigenvalue weighted by Crippen LogP contribution is 2.19. The van der Waals surface area contributed by atoms with Gasteiger partial charge in [-0.25, -0.2) is 12.8 Å². The number of hydrogen-bond donors (Lipinski definition) is 1. The standard InChI is InChI=1S/C13H20FNO3S/c1-10(15)8-11-4-5-13(12(14)9-11)18-6-3-7-19(2,16)17/h4-5,9-10H,3,6-8,15H2,1-2H3. The maximum Gasteiger partial charge on any atom is 0.165 e. The average Bonchev–Trinajstić information content (AvgIpc) is 2.24. The Hall–Kier alpha value is -1.14. The molecule has 0 spiro atoms. The van der Waals surface area contributed by atoms with Gasteiger partial charge in [-0.1, -0.05) is 6.07 Å². The first-order valence-corrected chi connectivity index (χ1v) is 8.18. The predicted octanol–water partition coefficient (Wildman–Crippen LogP) is 1.53. The minimum absolute atomic E-state index is 0.0269. The molecule has 2 N–H and O–H groups in total. The summed E-state index contributed by atoms with van der Waals surface area (Å²) >= 11 is 0. The van der Waals surface area contributed by atoms with Crippen molar-refractivity contribution in [1.29, 1.82) is 0 Å². The Labute approximate surface area is 113 Å². The van der Waals surface area contributed by atoms with Crippen LogP contribution in [0.1, 0.15) is 18.9 Å². The Morgan fingerprint density at radius 1 is 1.42 bits per heavy atom. The van der Waals surface area contributed by atoms with E-state index in [1.165, 1.54) is 6.07 Å². The number of rotatable bonds is 7. The van der Waals surface area contributed by atoms with E-state index in [1.54, 1.807) is 12.1 Å². The molecule has 1 rings (SSSR count). The van der Waals surface area contributed by atoms with E-state index in [0.717, 1.165) is 11.8 Å². The van der Waals surface area contributed by atoms with Gasteiger partial charge in [0.25, 0.3) is 0 Å². The van der Waals surface area contributed by atoms with Crippen LogP contribution in [0.5, 0.6) is 5.75 Å². The van der Waals surface area contributed by atoms with Crippen LogP contribution in [-0.4, -0.2) is 33.1 Å². The van der Waals surface area contributed by atoms with Crippen LogP contribution in [0.4, 0.5) is 4.39 Å². The Morgan fingerprint density at radius 2 is 2.11 bits per heavy atom. The highest BCUT2D eigenvalue weighted by atomic mass is 32.2. The zero-order valence-corrected chi connectivity index (χ0v) is 12.0. The van der Waals surface area contributed by atoms with Crippen LogP contribution in [0.3, 0.4) is 0 Å². The van der Waals surface area contributed by atoms with Crippen molar-refractivity contribution >= 4 is 9.84 Å². The smallest absolute Gasteiger partial charge is 0.165 e. The molecule has 0 heterocycles. The van der Waals surface area contributed by atoms with Gasteiger partial charge in [-0.05, 0) is 37.5 Å². The van der Waals surface area contributed by atoms with Crippen LogP contribution in [0.15, 0.2) is 18.2 Å². The Kier molecular flexibility index (Phi) is 5.75. The van der Waals surface area contributed by atoms with Crippen LogP contribution < -0.4 is 10.5 Å². The first-order valence-electron chi connectivity index (χ1n) is 6.12. The summed E-state index contributed by atoms with van der Waals surface area (Å²) in [6.45, 7) is 2.03. The van der Waals surface area contributed by atoms with Crippen molar-refractivity contribution in [3.63, 3.8) is 0 Å². The monoisotopic (exact) mass is 289 g/mol. The molecule has 19 heavy (non-hydrogen) atoms. The number of halogens is 1. The second-order valence-electron chi connectivity index (χ2n) is 4.78. The molecule has 0 aliphatic carbocycles. The van der Waals surface area contributed by atoms with E-state index in [-0.39, 0.29) is 24.2 Å². The molecule has 1 atom stereocenters. The van der Waals surface area contributed by atoms with Crippen molar-refractivity contribution < 1.29 is 17.5 Å². The van der Waals surface area contributed by atoms with Crippen LogP contribution >= 0.6 is 0 Å². The van der Waals surface area contributed by atoms with Crippen molar-refractivity contribution in [3.05, 3.63) is 29.6 Å². The minimum atomic E-state index is -3.00. The van der Waals surface area contributed by atoms with Crippen LogP contribution in [0.2, 0.25) is 0 Å². The Morgan fingerprint density at radius 3 is 2.63 bits per heavy atom. The van der Waals surface area contributed by atoms with Crippen molar-refractivity contribution in [2.24, 2.45) is 5.73 Å². The molecule has 0 amide bonds. The molecule has 0 radical (unpaired) electrons. The van der Waals surface area contributed by atoms with E-state index in [0.29, 0.717) is 12.8 Å². The summed E-state index contributed by atoms with van der Waals surface area (Å²) in [7, 11) is -3.00. The lowest BCUT2D eigenvalue weighted by Crippen LogP contribution is -2.17. The van der Waals surface area contributed by atoms with E-state index in [2.05, 4.69) is 0 Å². The lowest BCUT2D eigenvalue weighted by molar-refractivity contribution is 0.301. The minimum Gasteiger partial charge on any atom is -0.490 e. The first-order chi connectivity index (χ1) is 8.78. The highest BCUT2D eigenvalue weighted by Gasteiger charge is 2.07. The molecule has 0 aliphatic rings. The first kappa shape index (κ1) is 15.9. The number of hydrogen-bond acceptors (Lipinski definition) is 4. The quantitative estimate of drug-likeness (QED) is 0.773. The second-order valence-corrected chi connectivity index (χ2v) is 7.04. The predicted molar refractivity (Wildman–Crippen MR) is 73.6 cm³/mol. The third-order valence-corrected chi connectivity index (χ3v) is 3.50. The highest BCUT2D eigenvalue weighted by molar-refractivity contribution is 7.90. The van der Waals surface area contributed by atoms with Crippen molar-refractivity contribution in [2.75, 3.05) is 18.6 Å². The van der Waals surface area contributed by atoms with Crippen LogP contribution in [-0.2, 0) is 16.3 Å². The van der Waals surface area contributed by atoms with Crippen LogP contribution in [0, 0.1) is 5.82 Å². The lowest BCUT2D eigenvalue weighted by atomic mass is 10.1. The fourth-order valence-corrected chi connectivity index (χ4v) is 2.31. The molecular formula is C13H20FNO3S. The van der Waals surface area contributed by atoms with Gasteiger partial charge in [-0.2, -0.15) is 0 Å². The van der Waals surface area contributed by atoms with Crippen molar-refractivity contribution in [2.45, 2.75) is 25.8 Å². The van der Waals surface area contributed by atoms with E-state index >= 15 is 0 Å². The lowest BCUT2D eigenvalue weighted by Gasteiger charge is -2.09. The van der Waals surface area contributed by atoms with E-state index < -0.39 is 15.7 Å². The molecule has 6 heteroatoms. The fraction of sp³-hybridized carbons (Fsp3) is 0.538. The number of benzene rings is 1. The molecule has 0 saturated heterocycles. The van der Waals surface area contributed by atoms with Gasteiger partial charge in [0, 0.05) is 12.3 Å². The third kappa shape index (κ3) is 6.54. The SMILES string of the molecule is CC(N)Cc1ccc(OCCCS(C)(=O)=O)c(F)c1. The van der Waals surface area contributed by atoms with E-state index in [9.17, 15) is 12.8 Å². The summed E-state index contributed by atoms with van der Waals surface area (Å²) in [5.41, 5.74) is 6.46. The van der Waals surface area contributed by atoms with Crippen molar-refractivity contribution in [1.82, 2.24) is 0 Å². The number of ether oxygens (including phenoxy) is 1. The molecule has 4 nitrogen and oxygen atoms in total. The zero-order chi connectivity index (χ0) is 14.5. The molecular weight excluding hydrogens is 269 g/mol. The topological polar surface area (TPSA) is 69.4 Å². The zero-order valence-electron chi connectivity index (χ0n) is 11.2. The molecule has 1 aromatic rings. The van der Waals surface area contributed by atoms with Gasteiger partial charge in [0.1, 0.15) is 9.84 Å². The number of sulfone groups is 1. The summed E-state index contributed by atoms with van der Waals surface area (Å²) in [6.07, 6.45) is 2.11. The second kappa shape index (κ2) is 6.86.